The third-order valence-electron chi connectivity index (χ3n) is 1.22. The molecule has 0 aliphatic carbocycles. The molecule has 0 aliphatic heterocycles. The van der Waals surface area contributed by atoms with Crippen molar-refractivity contribution in [1.29, 1.82) is 0 Å². The molecule has 0 fully saturated rings. The van der Waals surface area contributed by atoms with Gasteiger partial charge in [0.25, 0.3) is 0 Å². The Kier molecular flexibility index (Phi) is 36.7. The van der Waals surface area contributed by atoms with E-state index in [0.29, 0.717) is 0 Å². The standard InChI is InChI=1S/C8H10.3CO.Mo/c1-7-3-5-8(2)6-4-7;3*1-2;/h3-6H,1-2H3;;;;. The third-order valence-corrected chi connectivity index (χ3v) is 1.22. The van der Waals surface area contributed by atoms with E-state index in [0.717, 1.165) is 0 Å². The molecule has 0 atom stereocenters. The molecule has 15 heavy (non-hydrogen) atoms. The van der Waals surface area contributed by atoms with E-state index < -0.39 is 0 Å². The zero-order valence-electron chi connectivity index (χ0n) is 8.44. The van der Waals surface area contributed by atoms with Crippen molar-refractivity contribution >= 4 is 0 Å². The zero-order valence-corrected chi connectivity index (χ0v) is 10.4. The summed E-state index contributed by atoms with van der Waals surface area (Å²) in [6, 6.07) is 8.48. The summed E-state index contributed by atoms with van der Waals surface area (Å²) in [7, 11) is 0. The summed E-state index contributed by atoms with van der Waals surface area (Å²) in [6.45, 7) is 17.7. The van der Waals surface area contributed by atoms with Crippen molar-refractivity contribution in [2.24, 2.45) is 0 Å². The molecule has 0 unspecified atom stereocenters. The van der Waals surface area contributed by atoms with Gasteiger partial charge in [-0.15, -0.1) is 0 Å². The average molecular weight is 286 g/mol. The molecule has 0 saturated heterocycles. The molecule has 1 aromatic carbocycles. The van der Waals surface area contributed by atoms with Crippen molar-refractivity contribution in [3.63, 3.8) is 0 Å². The van der Waals surface area contributed by atoms with Gasteiger partial charge in [0.15, 0.2) is 0 Å². The van der Waals surface area contributed by atoms with E-state index in [2.05, 4.69) is 58.1 Å². The molecule has 0 spiro atoms. The second kappa shape index (κ2) is 23.2. The van der Waals surface area contributed by atoms with Crippen LogP contribution in [0.25, 0.3) is 0 Å². The SMILES string of the molecule is Cc1ccc(C)cc1.[C-]#[O+].[C-]#[O+].[C-]#[O+].[Mo]. The Morgan fingerprint density at radius 3 is 0.933 bits per heavy atom. The topological polar surface area (TPSA) is 59.7 Å². The summed E-state index contributed by atoms with van der Waals surface area (Å²) in [5, 5.41) is 0. The van der Waals surface area contributed by atoms with Gasteiger partial charge in [0, 0.05) is 21.1 Å². The number of hydrogen-bond acceptors (Lipinski definition) is 0. The van der Waals surface area contributed by atoms with Gasteiger partial charge >= 0.3 is 33.9 Å². The number of rotatable bonds is 0. The molecule has 4 heteroatoms. The molecule has 0 aromatic heterocycles. The molecule has 0 heterocycles. The number of benzene rings is 1. The van der Waals surface area contributed by atoms with Gasteiger partial charge in [-0.25, -0.2) is 0 Å². The Morgan fingerprint density at radius 2 is 0.800 bits per heavy atom. The Morgan fingerprint density at radius 1 is 0.667 bits per heavy atom. The van der Waals surface area contributed by atoms with Gasteiger partial charge in [0.05, 0.1) is 0 Å². The van der Waals surface area contributed by atoms with Crippen LogP contribution in [-0.2, 0) is 35.0 Å². The summed E-state index contributed by atoms with van der Waals surface area (Å²) >= 11 is 0. The molecule has 1 rings (SSSR count). The van der Waals surface area contributed by atoms with Crippen LogP contribution in [0.15, 0.2) is 24.3 Å². The van der Waals surface area contributed by atoms with Gasteiger partial charge < -0.3 is 0 Å². The van der Waals surface area contributed by atoms with Crippen LogP contribution in [-0.4, -0.2) is 0 Å². The van der Waals surface area contributed by atoms with Crippen molar-refractivity contribution in [1.82, 2.24) is 0 Å². The minimum Gasteiger partial charge on any atom is 0 e. The van der Waals surface area contributed by atoms with E-state index >= 15 is 0 Å². The van der Waals surface area contributed by atoms with Crippen LogP contribution in [0.5, 0.6) is 0 Å². The third kappa shape index (κ3) is 19.5. The van der Waals surface area contributed by atoms with E-state index in [1.807, 2.05) is 0 Å². The zero-order chi connectivity index (χ0) is 12.0. The van der Waals surface area contributed by atoms with Gasteiger partial charge in [-0.05, 0) is 13.8 Å². The summed E-state index contributed by atoms with van der Waals surface area (Å²) < 4.78 is 22.5. The van der Waals surface area contributed by atoms with Crippen LogP contribution < -0.4 is 0 Å². The predicted octanol–water partition coefficient (Wildman–Crippen LogP) is 2.19. The van der Waals surface area contributed by atoms with Crippen molar-refractivity contribution in [2.75, 3.05) is 0 Å². The van der Waals surface area contributed by atoms with E-state index in [9.17, 15) is 0 Å². The van der Waals surface area contributed by atoms with E-state index in [1.165, 1.54) is 11.1 Å². The second-order valence-electron chi connectivity index (χ2n) is 2.15. The molecule has 0 bridgehead atoms. The molecule has 1 aromatic rings. The van der Waals surface area contributed by atoms with Crippen LogP contribution in [0.2, 0.25) is 0 Å². The van der Waals surface area contributed by atoms with Gasteiger partial charge in [0.2, 0.25) is 0 Å². The molecule has 0 radical (unpaired) electrons. The fourth-order valence-electron chi connectivity index (χ4n) is 0.637. The molecule has 0 saturated carbocycles. The van der Waals surface area contributed by atoms with Crippen LogP contribution >= 0.6 is 0 Å². The Bertz CT molecular complexity index is 237. The number of aryl methyl sites for hydroxylation is 2. The van der Waals surface area contributed by atoms with Crippen LogP contribution in [0.4, 0.5) is 0 Å². The van der Waals surface area contributed by atoms with Gasteiger partial charge in [-0.3, -0.25) is 0 Å². The van der Waals surface area contributed by atoms with E-state index in [-0.39, 0.29) is 21.1 Å². The van der Waals surface area contributed by atoms with Crippen LogP contribution in [0.3, 0.4) is 0 Å². The van der Waals surface area contributed by atoms with Crippen molar-refractivity contribution in [3.05, 3.63) is 55.3 Å². The quantitative estimate of drug-likeness (QED) is 0.399. The normalized spacial score (nSPS) is 5.33. The molecule has 3 nitrogen and oxygen atoms in total. The smallest absolute Gasteiger partial charge is 0 e. The maximum Gasteiger partial charge on any atom is 0 e. The first-order valence-corrected chi connectivity index (χ1v) is 3.43. The van der Waals surface area contributed by atoms with Gasteiger partial charge in [0.1, 0.15) is 0 Å². The summed E-state index contributed by atoms with van der Waals surface area (Å²) in [5.41, 5.74) is 2.66. The van der Waals surface area contributed by atoms with Crippen molar-refractivity contribution in [2.45, 2.75) is 13.8 Å². The first-order valence-electron chi connectivity index (χ1n) is 3.43. The monoisotopic (exact) mass is 288 g/mol. The second-order valence-corrected chi connectivity index (χ2v) is 2.15. The van der Waals surface area contributed by atoms with Gasteiger partial charge in [-0.2, -0.15) is 0 Å². The fraction of sp³-hybridized carbons (Fsp3) is 0.182. The minimum absolute atomic E-state index is 0. The van der Waals surface area contributed by atoms with Crippen LogP contribution in [0, 0.1) is 33.8 Å². The predicted molar refractivity (Wildman–Crippen MR) is 47.7 cm³/mol. The summed E-state index contributed by atoms with van der Waals surface area (Å²) in [6.07, 6.45) is 0. The van der Waals surface area contributed by atoms with E-state index in [4.69, 9.17) is 14.0 Å². The summed E-state index contributed by atoms with van der Waals surface area (Å²) in [4.78, 5) is 0. The average Bonchev–Trinajstić information content (AvgIpc) is 2.31. The molecule has 0 aliphatic rings. The molecule has 78 valence electrons. The Hall–Kier alpha value is -0.872. The fourth-order valence-corrected chi connectivity index (χ4v) is 0.637. The molecule has 0 N–H and O–H groups in total. The van der Waals surface area contributed by atoms with E-state index in [1.54, 1.807) is 0 Å². The molecular weight excluding hydrogens is 276 g/mol. The largest absolute Gasteiger partial charge is 0 e. The Labute approximate surface area is 104 Å². The summed E-state index contributed by atoms with van der Waals surface area (Å²) in [5.74, 6) is 0. The Balaban J connectivity index is -0.0000000755. The first kappa shape index (κ1) is 23.7. The minimum atomic E-state index is 0. The van der Waals surface area contributed by atoms with Gasteiger partial charge in [-0.1, -0.05) is 35.4 Å². The van der Waals surface area contributed by atoms with Crippen LogP contribution in [0.1, 0.15) is 11.1 Å². The molecular formula is C11H10MoO3. The maximum absolute atomic E-state index is 7.50. The maximum atomic E-state index is 7.50. The number of hydrogen-bond donors (Lipinski definition) is 0. The van der Waals surface area contributed by atoms with Crippen molar-refractivity contribution in [3.8, 4) is 0 Å². The first-order chi connectivity index (χ1) is 6.79. The van der Waals surface area contributed by atoms with Crippen molar-refractivity contribution < 1.29 is 35.0 Å². The molecule has 0 amide bonds.